The first-order valence-electron chi connectivity index (χ1n) is 7.18. The van der Waals surface area contributed by atoms with Crippen LogP contribution in [0.15, 0.2) is 18.2 Å². The highest BCUT2D eigenvalue weighted by atomic mass is 15.2. The molecule has 0 aromatic heterocycles. The standard InChI is InChI=1S/C16H26N2/c1-12(2)8-9-18(15-5-6-15)16-7-4-13(3)10-14(16)11-17/h4,7,10,12,15H,5-6,8-9,11,17H2,1-3H3. The summed E-state index contributed by atoms with van der Waals surface area (Å²) in [7, 11) is 0. The van der Waals surface area contributed by atoms with E-state index in [1.807, 2.05) is 0 Å². The summed E-state index contributed by atoms with van der Waals surface area (Å²) in [5, 5.41) is 0. The number of nitrogens with two attached hydrogens (primary N) is 1. The molecule has 100 valence electrons. The molecule has 0 radical (unpaired) electrons. The van der Waals surface area contributed by atoms with E-state index in [1.54, 1.807) is 0 Å². The van der Waals surface area contributed by atoms with Gasteiger partial charge in [0, 0.05) is 24.8 Å². The smallest absolute Gasteiger partial charge is 0.0414 e. The second kappa shape index (κ2) is 5.75. The maximum atomic E-state index is 5.91. The van der Waals surface area contributed by atoms with Gasteiger partial charge in [0.15, 0.2) is 0 Å². The first-order chi connectivity index (χ1) is 8.61. The van der Waals surface area contributed by atoms with E-state index in [9.17, 15) is 0 Å². The molecule has 1 aromatic carbocycles. The summed E-state index contributed by atoms with van der Waals surface area (Å²) < 4.78 is 0. The number of aryl methyl sites for hydroxylation is 1. The van der Waals surface area contributed by atoms with Crippen LogP contribution in [0.5, 0.6) is 0 Å². The van der Waals surface area contributed by atoms with Crippen LogP contribution < -0.4 is 10.6 Å². The largest absolute Gasteiger partial charge is 0.368 e. The third kappa shape index (κ3) is 3.26. The Morgan fingerprint density at radius 3 is 2.61 bits per heavy atom. The topological polar surface area (TPSA) is 29.3 Å². The summed E-state index contributed by atoms with van der Waals surface area (Å²) >= 11 is 0. The van der Waals surface area contributed by atoms with Crippen molar-refractivity contribution in [3.63, 3.8) is 0 Å². The summed E-state index contributed by atoms with van der Waals surface area (Å²) in [6.07, 6.45) is 3.94. The molecule has 1 aliphatic carbocycles. The van der Waals surface area contributed by atoms with Gasteiger partial charge in [-0.2, -0.15) is 0 Å². The molecule has 0 bridgehead atoms. The molecule has 2 heteroatoms. The van der Waals surface area contributed by atoms with Crippen LogP contribution in [-0.2, 0) is 6.54 Å². The Kier molecular flexibility index (Phi) is 4.28. The molecule has 1 aromatic rings. The van der Waals surface area contributed by atoms with Crippen LogP contribution in [0.25, 0.3) is 0 Å². The molecule has 2 N–H and O–H groups in total. The van der Waals surface area contributed by atoms with Crippen molar-refractivity contribution in [1.29, 1.82) is 0 Å². The van der Waals surface area contributed by atoms with E-state index in [0.29, 0.717) is 6.54 Å². The SMILES string of the molecule is Cc1ccc(N(CCC(C)C)C2CC2)c(CN)c1. The molecule has 0 unspecified atom stereocenters. The van der Waals surface area contributed by atoms with Gasteiger partial charge in [-0.25, -0.2) is 0 Å². The fourth-order valence-corrected chi connectivity index (χ4v) is 2.44. The highest BCUT2D eigenvalue weighted by Crippen LogP contribution is 2.34. The summed E-state index contributed by atoms with van der Waals surface area (Å²) in [5.74, 6) is 0.762. The van der Waals surface area contributed by atoms with Crippen LogP contribution in [-0.4, -0.2) is 12.6 Å². The van der Waals surface area contributed by atoms with Crippen molar-refractivity contribution < 1.29 is 0 Å². The van der Waals surface area contributed by atoms with Crippen LogP contribution in [0.3, 0.4) is 0 Å². The van der Waals surface area contributed by atoms with Gasteiger partial charge in [0.2, 0.25) is 0 Å². The Balaban J connectivity index is 2.19. The molecule has 0 aliphatic heterocycles. The van der Waals surface area contributed by atoms with Gasteiger partial charge in [0.05, 0.1) is 0 Å². The van der Waals surface area contributed by atoms with Gasteiger partial charge in [0.25, 0.3) is 0 Å². The lowest BCUT2D eigenvalue weighted by Gasteiger charge is -2.28. The summed E-state index contributed by atoms with van der Waals surface area (Å²) in [5.41, 5.74) is 9.88. The molecular formula is C16H26N2. The lowest BCUT2D eigenvalue weighted by Crippen LogP contribution is -2.29. The second-order valence-electron chi connectivity index (χ2n) is 5.94. The van der Waals surface area contributed by atoms with E-state index < -0.39 is 0 Å². The average Bonchev–Trinajstić information content (AvgIpc) is 3.15. The maximum Gasteiger partial charge on any atom is 0.0414 e. The van der Waals surface area contributed by atoms with E-state index in [2.05, 4.69) is 43.9 Å². The van der Waals surface area contributed by atoms with E-state index in [4.69, 9.17) is 5.73 Å². The molecular weight excluding hydrogens is 220 g/mol. The van der Waals surface area contributed by atoms with Crippen LogP contribution in [0.2, 0.25) is 0 Å². The third-order valence-corrected chi connectivity index (χ3v) is 3.70. The summed E-state index contributed by atoms with van der Waals surface area (Å²) in [6, 6.07) is 7.46. The number of hydrogen-bond donors (Lipinski definition) is 1. The Hall–Kier alpha value is -1.02. The Bertz CT molecular complexity index is 394. The van der Waals surface area contributed by atoms with Crippen molar-refractivity contribution in [3.05, 3.63) is 29.3 Å². The molecule has 1 saturated carbocycles. The second-order valence-corrected chi connectivity index (χ2v) is 5.94. The average molecular weight is 246 g/mol. The van der Waals surface area contributed by atoms with Crippen LogP contribution in [0.1, 0.15) is 44.2 Å². The molecule has 0 atom stereocenters. The van der Waals surface area contributed by atoms with Gasteiger partial charge in [0.1, 0.15) is 0 Å². The van der Waals surface area contributed by atoms with Crippen molar-refractivity contribution in [1.82, 2.24) is 0 Å². The molecule has 1 fully saturated rings. The predicted molar refractivity (Wildman–Crippen MR) is 78.9 cm³/mol. The molecule has 0 heterocycles. The quantitative estimate of drug-likeness (QED) is 0.833. The van der Waals surface area contributed by atoms with Crippen molar-refractivity contribution in [3.8, 4) is 0 Å². The zero-order chi connectivity index (χ0) is 13.1. The van der Waals surface area contributed by atoms with Gasteiger partial charge in [-0.3, -0.25) is 0 Å². The van der Waals surface area contributed by atoms with E-state index in [0.717, 1.165) is 12.0 Å². The summed E-state index contributed by atoms with van der Waals surface area (Å²) in [6.45, 7) is 8.53. The van der Waals surface area contributed by atoms with Crippen LogP contribution in [0.4, 0.5) is 5.69 Å². The minimum Gasteiger partial charge on any atom is -0.368 e. The van der Waals surface area contributed by atoms with Crippen molar-refractivity contribution in [2.24, 2.45) is 11.7 Å². The number of anilines is 1. The minimum absolute atomic E-state index is 0.641. The van der Waals surface area contributed by atoms with Gasteiger partial charge < -0.3 is 10.6 Å². The molecule has 0 amide bonds. The van der Waals surface area contributed by atoms with E-state index >= 15 is 0 Å². The third-order valence-electron chi connectivity index (χ3n) is 3.70. The van der Waals surface area contributed by atoms with Crippen molar-refractivity contribution in [2.45, 2.75) is 52.6 Å². The van der Waals surface area contributed by atoms with Crippen LogP contribution >= 0.6 is 0 Å². The van der Waals surface area contributed by atoms with Crippen LogP contribution in [0, 0.1) is 12.8 Å². The van der Waals surface area contributed by atoms with E-state index in [1.165, 1.54) is 42.6 Å². The molecule has 1 aliphatic rings. The lowest BCUT2D eigenvalue weighted by atomic mass is 10.1. The Morgan fingerprint density at radius 2 is 2.06 bits per heavy atom. The lowest BCUT2D eigenvalue weighted by molar-refractivity contribution is 0.570. The minimum atomic E-state index is 0.641. The monoisotopic (exact) mass is 246 g/mol. The number of nitrogens with zero attached hydrogens (tertiary/aromatic N) is 1. The predicted octanol–water partition coefficient (Wildman–Crippen LogP) is 3.47. The van der Waals surface area contributed by atoms with E-state index in [-0.39, 0.29) is 0 Å². The fourth-order valence-electron chi connectivity index (χ4n) is 2.44. The zero-order valence-corrected chi connectivity index (χ0v) is 11.9. The molecule has 2 nitrogen and oxygen atoms in total. The first kappa shape index (κ1) is 13.4. The van der Waals surface area contributed by atoms with Gasteiger partial charge in [-0.05, 0) is 43.7 Å². The highest BCUT2D eigenvalue weighted by molar-refractivity contribution is 5.56. The molecule has 0 saturated heterocycles. The highest BCUT2D eigenvalue weighted by Gasteiger charge is 2.30. The Labute approximate surface area is 111 Å². The molecule has 18 heavy (non-hydrogen) atoms. The Morgan fingerprint density at radius 1 is 1.33 bits per heavy atom. The van der Waals surface area contributed by atoms with Gasteiger partial charge in [-0.15, -0.1) is 0 Å². The number of hydrogen-bond acceptors (Lipinski definition) is 2. The normalized spacial score (nSPS) is 15.2. The molecule has 2 rings (SSSR count). The van der Waals surface area contributed by atoms with Crippen molar-refractivity contribution >= 4 is 5.69 Å². The molecule has 0 spiro atoms. The first-order valence-corrected chi connectivity index (χ1v) is 7.18. The van der Waals surface area contributed by atoms with Crippen molar-refractivity contribution in [2.75, 3.05) is 11.4 Å². The number of benzene rings is 1. The fraction of sp³-hybridized carbons (Fsp3) is 0.625. The number of rotatable bonds is 6. The zero-order valence-electron chi connectivity index (χ0n) is 11.9. The summed E-state index contributed by atoms with van der Waals surface area (Å²) in [4.78, 5) is 2.58. The van der Waals surface area contributed by atoms with Gasteiger partial charge in [-0.1, -0.05) is 31.5 Å². The van der Waals surface area contributed by atoms with Gasteiger partial charge >= 0.3 is 0 Å². The maximum absolute atomic E-state index is 5.91.